The molecule has 2 aliphatic rings. The fraction of sp³-hybridized carbons (Fsp3) is 0.333. The molecule has 1 aliphatic heterocycles. The van der Waals surface area contributed by atoms with Gasteiger partial charge in [0.2, 0.25) is 12.7 Å². The molecule has 3 aromatic carbocycles. The summed E-state index contributed by atoms with van der Waals surface area (Å²) < 4.78 is 25.1. The molecule has 9 nitrogen and oxygen atoms in total. The van der Waals surface area contributed by atoms with Crippen LogP contribution in [0.1, 0.15) is 56.7 Å². The largest absolute Gasteiger partial charge is 0.454 e. The van der Waals surface area contributed by atoms with Gasteiger partial charge < -0.3 is 14.8 Å². The number of fused-ring (bicyclic) bond motifs is 2. The van der Waals surface area contributed by atoms with E-state index < -0.39 is 23.8 Å². The lowest BCUT2D eigenvalue weighted by molar-refractivity contribution is -0.128. The first-order valence-electron chi connectivity index (χ1n) is 13.6. The summed E-state index contributed by atoms with van der Waals surface area (Å²) in [6.45, 7) is 1.76. The van der Waals surface area contributed by atoms with Crippen LogP contribution in [0.2, 0.25) is 0 Å². The van der Waals surface area contributed by atoms with Gasteiger partial charge in [0.1, 0.15) is 28.9 Å². The quantitative estimate of drug-likeness (QED) is 0.349. The number of carbonyl (C=O) groups excluding carboxylic acids is 2. The van der Waals surface area contributed by atoms with Gasteiger partial charge in [0.05, 0.1) is 0 Å². The Morgan fingerprint density at radius 3 is 2.33 bits per heavy atom. The van der Waals surface area contributed by atoms with E-state index in [0.717, 1.165) is 32.1 Å². The Kier molecular flexibility index (Phi) is 7.06. The Morgan fingerprint density at radius 2 is 1.62 bits per heavy atom. The number of halogens is 1. The SMILES string of the molecule is C[C@H](C(=O)N(c1ccc2c(c1)OCO2)[C@@H](C(=O)NC1CCCCC1)c1ccc(F)cc1)n1nc2ccccc2n1. The molecule has 1 N–H and O–H groups in total. The molecule has 10 heteroatoms. The Bertz CT molecular complexity index is 1500. The first kappa shape index (κ1) is 25.8. The van der Waals surface area contributed by atoms with Crippen molar-refractivity contribution in [2.45, 2.75) is 57.2 Å². The number of hydrogen-bond acceptors (Lipinski definition) is 6. The molecule has 1 aromatic heterocycles. The third-order valence-corrected chi connectivity index (χ3v) is 7.52. The second-order valence-electron chi connectivity index (χ2n) is 10.2. The number of rotatable bonds is 7. The first-order valence-corrected chi connectivity index (χ1v) is 13.6. The monoisotopic (exact) mass is 543 g/mol. The molecule has 0 saturated heterocycles. The van der Waals surface area contributed by atoms with Crippen LogP contribution in [0.3, 0.4) is 0 Å². The van der Waals surface area contributed by atoms with Crippen molar-refractivity contribution in [3.63, 3.8) is 0 Å². The fourth-order valence-electron chi connectivity index (χ4n) is 5.38. The third kappa shape index (κ3) is 5.09. The highest BCUT2D eigenvalue weighted by molar-refractivity contribution is 6.03. The van der Waals surface area contributed by atoms with E-state index in [1.165, 1.54) is 21.8 Å². The Morgan fingerprint density at radius 1 is 0.950 bits per heavy atom. The summed E-state index contributed by atoms with van der Waals surface area (Å²) in [5, 5.41) is 12.2. The second kappa shape index (κ2) is 11.0. The van der Waals surface area contributed by atoms with Crippen LogP contribution in [-0.2, 0) is 9.59 Å². The summed E-state index contributed by atoms with van der Waals surface area (Å²) in [4.78, 5) is 31.3. The van der Waals surface area contributed by atoms with Crippen LogP contribution in [0.5, 0.6) is 11.5 Å². The van der Waals surface area contributed by atoms with E-state index in [1.807, 2.05) is 24.3 Å². The number of aromatic nitrogens is 3. The number of nitrogens with one attached hydrogen (secondary N) is 1. The van der Waals surface area contributed by atoms with Crippen LogP contribution < -0.4 is 19.7 Å². The summed E-state index contributed by atoms with van der Waals surface area (Å²) in [5.74, 6) is -0.162. The van der Waals surface area contributed by atoms with E-state index >= 15 is 0 Å². The van der Waals surface area contributed by atoms with E-state index in [-0.39, 0.29) is 18.7 Å². The van der Waals surface area contributed by atoms with Crippen molar-refractivity contribution in [1.29, 1.82) is 0 Å². The maximum Gasteiger partial charge on any atom is 0.254 e. The molecule has 0 spiro atoms. The molecule has 0 unspecified atom stereocenters. The first-order chi connectivity index (χ1) is 19.5. The standard InChI is InChI=1S/C30H30FN5O4/c1-19(36-33-24-9-5-6-10-25(24)34-36)30(38)35(23-15-16-26-27(17-23)40-18-39-26)28(20-11-13-21(31)14-12-20)29(37)32-22-7-3-2-4-8-22/h5-6,9-17,19,22,28H,2-4,7-8,18H2,1H3,(H,32,37)/t19-,28-/m1/s1. The summed E-state index contributed by atoms with van der Waals surface area (Å²) in [6, 6.07) is 16.2. The average Bonchev–Trinajstić information content (AvgIpc) is 3.63. The molecule has 4 aromatic rings. The van der Waals surface area contributed by atoms with Crippen molar-refractivity contribution in [3.05, 3.63) is 78.1 Å². The van der Waals surface area contributed by atoms with Crippen molar-refractivity contribution in [2.75, 3.05) is 11.7 Å². The van der Waals surface area contributed by atoms with Gasteiger partial charge in [-0.15, -0.1) is 0 Å². The maximum absolute atomic E-state index is 14.4. The number of carbonyl (C=O) groups is 2. The van der Waals surface area contributed by atoms with Crippen LogP contribution in [0.4, 0.5) is 10.1 Å². The van der Waals surface area contributed by atoms with Crippen LogP contribution in [0.15, 0.2) is 66.7 Å². The Hall–Kier alpha value is -4.47. The van der Waals surface area contributed by atoms with Gasteiger partial charge in [-0.25, -0.2) is 4.39 Å². The summed E-state index contributed by atoms with van der Waals surface area (Å²) in [6.07, 6.45) is 4.96. The van der Waals surface area contributed by atoms with E-state index in [9.17, 15) is 14.0 Å². The minimum Gasteiger partial charge on any atom is -0.454 e. The van der Waals surface area contributed by atoms with Gasteiger partial charge in [-0.1, -0.05) is 43.5 Å². The number of benzene rings is 3. The minimum atomic E-state index is -1.08. The smallest absolute Gasteiger partial charge is 0.254 e. The molecule has 40 heavy (non-hydrogen) atoms. The maximum atomic E-state index is 14.4. The predicted octanol–water partition coefficient (Wildman–Crippen LogP) is 5.08. The molecule has 2 atom stereocenters. The highest BCUT2D eigenvalue weighted by Crippen LogP contribution is 2.39. The van der Waals surface area contributed by atoms with E-state index in [1.54, 1.807) is 37.3 Å². The topological polar surface area (TPSA) is 98.6 Å². The van der Waals surface area contributed by atoms with E-state index in [2.05, 4.69) is 15.5 Å². The highest BCUT2D eigenvalue weighted by Gasteiger charge is 2.38. The molecule has 0 radical (unpaired) electrons. The van der Waals surface area contributed by atoms with Crippen molar-refractivity contribution in [3.8, 4) is 11.5 Å². The van der Waals surface area contributed by atoms with Crippen LogP contribution >= 0.6 is 0 Å². The molecule has 206 valence electrons. The summed E-state index contributed by atoms with van der Waals surface area (Å²) in [7, 11) is 0. The van der Waals surface area contributed by atoms with Crippen molar-refractivity contribution < 1.29 is 23.5 Å². The zero-order chi connectivity index (χ0) is 27.6. The fourth-order valence-corrected chi connectivity index (χ4v) is 5.38. The zero-order valence-corrected chi connectivity index (χ0v) is 22.1. The van der Waals surface area contributed by atoms with E-state index in [0.29, 0.717) is 33.8 Å². The molecular weight excluding hydrogens is 513 g/mol. The van der Waals surface area contributed by atoms with Gasteiger partial charge in [-0.2, -0.15) is 15.0 Å². The number of amides is 2. The summed E-state index contributed by atoms with van der Waals surface area (Å²) >= 11 is 0. The average molecular weight is 544 g/mol. The number of hydrogen-bond donors (Lipinski definition) is 1. The lowest BCUT2D eigenvalue weighted by atomic mass is 9.94. The van der Waals surface area contributed by atoms with Crippen molar-refractivity contribution >= 4 is 28.5 Å². The molecular formula is C30H30FN5O4. The molecule has 6 rings (SSSR count). The molecule has 2 heterocycles. The lowest BCUT2D eigenvalue weighted by Gasteiger charge is -2.34. The van der Waals surface area contributed by atoms with Gasteiger partial charge in [0.15, 0.2) is 11.5 Å². The highest BCUT2D eigenvalue weighted by atomic mass is 19.1. The van der Waals surface area contributed by atoms with Gasteiger partial charge >= 0.3 is 0 Å². The van der Waals surface area contributed by atoms with Gasteiger partial charge in [0.25, 0.3) is 5.91 Å². The normalized spacial score (nSPS) is 16.4. The van der Waals surface area contributed by atoms with Crippen LogP contribution in [-0.4, -0.2) is 39.6 Å². The third-order valence-electron chi connectivity index (χ3n) is 7.52. The predicted molar refractivity (Wildman–Crippen MR) is 146 cm³/mol. The molecule has 1 fully saturated rings. The van der Waals surface area contributed by atoms with Crippen molar-refractivity contribution in [1.82, 2.24) is 20.3 Å². The van der Waals surface area contributed by atoms with Crippen LogP contribution in [0.25, 0.3) is 11.0 Å². The minimum absolute atomic E-state index is 0.00779. The second-order valence-corrected chi connectivity index (χ2v) is 10.2. The van der Waals surface area contributed by atoms with Crippen molar-refractivity contribution in [2.24, 2.45) is 0 Å². The number of nitrogens with zero attached hydrogens (tertiary/aromatic N) is 4. The molecule has 2 amide bonds. The van der Waals surface area contributed by atoms with Crippen LogP contribution in [0, 0.1) is 5.82 Å². The van der Waals surface area contributed by atoms with Gasteiger partial charge in [-0.05, 0) is 61.7 Å². The lowest BCUT2D eigenvalue weighted by Crippen LogP contribution is -2.49. The molecule has 1 aliphatic carbocycles. The molecule has 1 saturated carbocycles. The van der Waals surface area contributed by atoms with Gasteiger partial charge in [0, 0.05) is 17.8 Å². The Labute approximate surface area is 230 Å². The number of anilines is 1. The van der Waals surface area contributed by atoms with Gasteiger partial charge in [-0.3, -0.25) is 14.5 Å². The zero-order valence-electron chi connectivity index (χ0n) is 22.1. The summed E-state index contributed by atoms with van der Waals surface area (Å²) in [5.41, 5.74) is 2.22. The Balaban J connectivity index is 1.44. The van der Waals surface area contributed by atoms with E-state index in [4.69, 9.17) is 9.47 Å². The molecule has 0 bridgehead atoms. The number of ether oxygens (including phenoxy) is 2.